The summed E-state index contributed by atoms with van der Waals surface area (Å²) in [4.78, 5) is 24.7. The van der Waals surface area contributed by atoms with Crippen LogP contribution in [0.1, 0.15) is 19.3 Å². The Kier molecular flexibility index (Phi) is 3.43. The van der Waals surface area contributed by atoms with Crippen LogP contribution < -0.4 is 5.32 Å². The summed E-state index contributed by atoms with van der Waals surface area (Å²) < 4.78 is 4.85. The van der Waals surface area contributed by atoms with Gasteiger partial charge in [0.05, 0.1) is 0 Å². The number of ether oxygens (including phenoxy) is 1. The van der Waals surface area contributed by atoms with E-state index in [9.17, 15) is 9.59 Å². The number of nitrogens with one attached hydrogen (secondary N) is 1. The molecule has 16 heavy (non-hydrogen) atoms. The molecular weight excluding hydrogens is 208 g/mol. The van der Waals surface area contributed by atoms with Gasteiger partial charge in [0.2, 0.25) is 11.8 Å². The lowest BCUT2D eigenvalue weighted by atomic mass is 9.85. The highest BCUT2D eigenvalue weighted by Gasteiger charge is 2.34. The lowest BCUT2D eigenvalue weighted by Crippen LogP contribution is -2.55. The van der Waals surface area contributed by atoms with Crippen LogP contribution in [0.5, 0.6) is 0 Å². The van der Waals surface area contributed by atoms with Gasteiger partial charge in [0.15, 0.2) is 0 Å². The molecular formula is C11H18N2O3. The number of nitrogens with zero attached hydrogens (tertiary/aromatic N) is 1. The molecule has 0 spiro atoms. The quantitative estimate of drug-likeness (QED) is 0.707. The zero-order chi connectivity index (χ0) is 11.5. The molecule has 2 unspecified atom stereocenters. The number of hydrogen-bond acceptors (Lipinski definition) is 3. The molecule has 2 heterocycles. The van der Waals surface area contributed by atoms with Crippen LogP contribution in [0.3, 0.4) is 0 Å². The van der Waals surface area contributed by atoms with E-state index in [4.69, 9.17) is 4.74 Å². The van der Waals surface area contributed by atoms with Crippen LogP contribution in [0.4, 0.5) is 0 Å². The van der Waals surface area contributed by atoms with Crippen LogP contribution in [-0.4, -0.2) is 49.6 Å². The molecule has 0 radical (unpaired) electrons. The highest BCUT2D eigenvalue weighted by atomic mass is 16.5. The van der Waals surface area contributed by atoms with E-state index in [1.54, 1.807) is 0 Å². The van der Waals surface area contributed by atoms with E-state index in [2.05, 4.69) is 5.32 Å². The third kappa shape index (κ3) is 2.35. The highest BCUT2D eigenvalue weighted by Crippen LogP contribution is 2.25. The maximum Gasteiger partial charge on any atom is 0.248 e. The molecule has 0 saturated carbocycles. The SMILES string of the molecule is COCC(=O)N1CCC2NC(=O)CCC2C1. The molecule has 2 aliphatic heterocycles. The van der Waals surface area contributed by atoms with Crippen molar-refractivity contribution in [1.82, 2.24) is 10.2 Å². The van der Waals surface area contributed by atoms with Crippen molar-refractivity contribution < 1.29 is 14.3 Å². The number of rotatable bonds is 2. The Morgan fingerprint density at radius 3 is 3.12 bits per heavy atom. The van der Waals surface area contributed by atoms with Crippen LogP contribution in [0.2, 0.25) is 0 Å². The summed E-state index contributed by atoms with van der Waals surface area (Å²) in [6.45, 7) is 1.64. The van der Waals surface area contributed by atoms with E-state index >= 15 is 0 Å². The molecule has 2 atom stereocenters. The Morgan fingerprint density at radius 2 is 2.38 bits per heavy atom. The maximum absolute atomic E-state index is 11.7. The first-order chi connectivity index (χ1) is 7.70. The Balaban J connectivity index is 1.90. The van der Waals surface area contributed by atoms with Crippen molar-refractivity contribution in [3.05, 3.63) is 0 Å². The lowest BCUT2D eigenvalue weighted by Gasteiger charge is -2.41. The number of hydrogen-bond donors (Lipinski definition) is 1. The monoisotopic (exact) mass is 226 g/mol. The third-order valence-electron chi connectivity index (χ3n) is 3.44. The van der Waals surface area contributed by atoms with Crippen molar-refractivity contribution >= 4 is 11.8 Å². The highest BCUT2D eigenvalue weighted by molar-refractivity contribution is 5.78. The van der Waals surface area contributed by atoms with Crippen LogP contribution in [0.15, 0.2) is 0 Å². The first-order valence-corrected chi connectivity index (χ1v) is 5.77. The number of carbonyl (C=O) groups is 2. The normalized spacial score (nSPS) is 29.6. The minimum absolute atomic E-state index is 0.0536. The molecule has 0 aromatic rings. The number of likely N-dealkylation sites (tertiary alicyclic amines) is 1. The summed E-state index contributed by atoms with van der Waals surface area (Å²) in [5.74, 6) is 0.628. The molecule has 90 valence electrons. The molecule has 5 heteroatoms. The average molecular weight is 226 g/mol. The number of piperidine rings is 2. The molecule has 0 aliphatic carbocycles. The summed E-state index contributed by atoms with van der Waals surface area (Å²) in [7, 11) is 1.53. The van der Waals surface area contributed by atoms with Crippen molar-refractivity contribution in [3.63, 3.8) is 0 Å². The van der Waals surface area contributed by atoms with E-state index in [1.807, 2.05) is 4.90 Å². The largest absolute Gasteiger partial charge is 0.375 e. The van der Waals surface area contributed by atoms with E-state index in [1.165, 1.54) is 7.11 Å². The van der Waals surface area contributed by atoms with Gasteiger partial charge in [-0.25, -0.2) is 0 Å². The van der Waals surface area contributed by atoms with Gasteiger partial charge in [-0.15, -0.1) is 0 Å². The van der Waals surface area contributed by atoms with E-state index in [-0.39, 0.29) is 24.5 Å². The lowest BCUT2D eigenvalue weighted by molar-refractivity contribution is -0.138. The Bertz CT molecular complexity index is 293. The van der Waals surface area contributed by atoms with Gasteiger partial charge in [0, 0.05) is 32.7 Å². The van der Waals surface area contributed by atoms with Crippen LogP contribution in [-0.2, 0) is 14.3 Å². The summed E-state index contributed by atoms with van der Waals surface area (Å²) >= 11 is 0. The fraction of sp³-hybridized carbons (Fsp3) is 0.818. The smallest absolute Gasteiger partial charge is 0.248 e. The fourth-order valence-corrected chi connectivity index (χ4v) is 2.55. The van der Waals surface area contributed by atoms with E-state index in [0.717, 1.165) is 25.9 Å². The average Bonchev–Trinajstić information content (AvgIpc) is 2.28. The van der Waals surface area contributed by atoms with Crippen molar-refractivity contribution in [2.75, 3.05) is 26.8 Å². The summed E-state index contributed by atoms with van der Waals surface area (Å²) in [6.07, 6.45) is 2.35. The van der Waals surface area contributed by atoms with Crippen LogP contribution in [0, 0.1) is 5.92 Å². The van der Waals surface area contributed by atoms with Gasteiger partial charge in [-0.05, 0) is 18.8 Å². The van der Waals surface area contributed by atoms with Gasteiger partial charge in [0.25, 0.3) is 0 Å². The first-order valence-electron chi connectivity index (χ1n) is 5.77. The summed E-state index contributed by atoms with van der Waals surface area (Å²) in [5, 5.41) is 3.00. The van der Waals surface area contributed by atoms with Gasteiger partial charge in [-0.2, -0.15) is 0 Å². The molecule has 2 aliphatic rings. The van der Waals surface area contributed by atoms with Gasteiger partial charge in [0.1, 0.15) is 6.61 Å². The summed E-state index contributed by atoms with van der Waals surface area (Å²) in [6, 6.07) is 0.271. The predicted molar refractivity (Wildman–Crippen MR) is 57.7 cm³/mol. The molecule has 2 saturated heterocycles. The molecule has 2 fully saturated rings. The molecule has 5 nitrogen and oxygen atoms in total. The van der Waals surface area contributed by atoms with E-state index in [0.29, 0.717) is 12.3 Å². The molecule has 2 amide bonds. The van der Waals surface area contributed by atoms with Crippen molar-refractivity contribution in [2.24, 2.45) is 5.92 Å². The molecule has 0 aromatic heterocycles. The zero-order valence-corrected chi connectivity index (χ0v) is 9.57. The Morgan fingerprint density at radius 1 is 1.56 bits per heavy atom. The first kappa shape index (κ1) is 11.4. The molecule has 2 rings (SSSR count). The van der Waals surface area contributed by atoms with Crippen LogP contribution in [0.25, 0.3) is 0 Å². The van der Waals surface area contributed by atoms with Gasteiger partial charge >= 0.3 is 0 Å². The molecule has 0 bridgehead atoms. The van der Waals surface area contributed by atoms with Crippen LogP contribution >= 0.6 is 0 Å². The fourth-order valence-electron chi connectivity index (χ4n) is 2.55. The minimum atomic E-state index is 0.0536. The van der Waals surface area contributed by atoms with Crippen molar-refractivity contribution in [3.8, 4) is 0 Å². The number of carbonyl (C=O) groups excluding carboxylic acids is 2. The Hall–Kier alpha value is -1.10. The topological polar surface area (TPSA) is 58.6 Å². The molecule has 1 N–H and O–H groups in total. The van der Waals surface area contributed by atoms with Crippen molar-refractivity contribution in [2.45, 2.75) is 25.3 Å². The minimum Gasteiger partial charge on any atom is -0.375 e. The van der Waals surface area contributed by atoms with Gasteiger partial charge < -0.3 is 15.0 Å². The maximum atomic E-state index is 11.7. The zero-order valence-electron chi connectivity index (χ0n) is 9.57. The Labute approximate surface area is 95.1 Å². The second-order valence-electron chi connectivity index (χ2n) is 4.53. The number of fused-ring (bicyclic) bond motifs is 1. The summed E-state index contributed by atoms with van der Waals surface area (Å²) in [5.41, 5.74) is 0. The third-order valence-corrected chi connectivity index (χ3v) is 3.44. The number of methoxy groups -OCH3 is 1. The van der Waals surface area contributed by atoms with Gasteiger partial charge in [-0.3, -0.25) is 9.59 Å². The number of amides is 2. The van der Waals surface area contributed by atoms with Crippen molar-refractivity contribution in [1.29, 1.82) is 0 Å². The van der Waals surface area contributed by atoms with E-state index < -0.39 is 0 Å². The second kappa shape index (κ2) is 4.82. The standard InChI is InChI=1S/C11H18N2O3/c1-16-7-11(15)13-5-4-9-8(6-13)2-3-10(14)12-9/h8-9H,2-7H2,1H3,(H,12,14). The van der Waals surface area contributed by atoms with Gasteiger partial charge in [-0.1, -0.05) is 0 Å². The second-order valence-corrected chi connectivity index (χ2v) is 4.53. The molecule has 0 aromatic carbocycles. The predicted octanol–water partition coefficient (Wildman–Crippen LogP) is -0.240.